The number of nitrogen functional groups attached to an aromatic ring is 1. The average molecular weight is 325 g/mol. The van der Waals surface area contributed by atoms with Crippen LogP contribution in [0.25, 0.3) is 0 Å². The van der Waals surface area contributed by atoms with Gasteiger partial charge in [-0.3, -0.25) is 4.79 Å². The lowest BCUT2D eigenvalue weighted by molar-refractivity contribution is 0.0921. The SMILES string of the molecule is CC1CCCCCC1NC(=O)c1ccc(Br)c(N)c1. The lowest BCUT2D eigenvalue weighted by Gasteiger charge is -2.23. The van der Waals surface area contributed by atoms with Crippen molar-refractivity contribution in [3.8, 4) is 0 Å². The van der Waals surface area contributed by atoms with Crippen LogP contribution in [0.2, 0.25) is 0 Å². The third-order valence-electron chi connectivity index (χ3n) is 3.94. The van der Waals surface area contributed by atoms with Crippen molar-refractivity contribution in [2.75, 3.05) is 5.73 Å². The molecule has 4 heteroatoms. The second-order valence-corrected chi connectivity index (χ2v) is 6.29. The quantitative estimate of drug-likeness (QED) is 0.643. The van der Waals surface area contributed by atoms with Crippen molar-refractivity contribution in [2.45, 2.75) is 45.1 Å². The highest BCUT2D eigenvalue weighted by molar-refractivity contribution is 9.10. The highest BCUT2D eigenvalue weighted by atomic mass is 79.9. The zero-order chi connectivity index (χ0) is 13.8. The van der Waals surface area contributed by atoms with Crippen molar-refractivity contribution in [1.82, 2.24) is 5.32 Å². The van der Waals surface area contributed by atoms with Crippen molar-refractivity contribution >= 4 is 27.5 Å². The summed E-state index contributed by atoms with van der Waals surface area (Å²) in [6, 6.07) is 5.64. The Labute approximate surface area is 123 Å². The molecule has 0 bridgehead atoms. The molecule has 2 atom stereocenters. The molecule has 1 aromatic rings. The van der Waals surface area contributed by atoms with Gasteiger partial charge in [0.2, 0.25) is 0 Å². The van der Waals surface area contributed by atoms with Gasteiger partial charge in [-0.25, -0.2) is 0 Å². The Morgan fingerprint density at radius 3 is 2.79 bits per heavy atom. The molecule has 3 nitrogen and oxygen atoms in total. The average Bonchev–Trinajstić information content (AvgIpc) is 2.58. The minimum absolute atomic E-state index is 0.0158. The minimum Gasteiger partial charge on any atom is -0.398 e. The van der Waals surface area contributed by atoms with Gasteiger partial charge in [-0.05, 0) is 52.9 Å². The van der Waals surface area contributed by atoms with Crippen LogP contribution >= 0.6 is 15.9 Å². The monoisotopic (exact) mass is 324 g/mol. The molecule has 1 fully saturated rings. The van der Waals surface area contributed by atoms with Crippen molar-refractivity contribution in [3.63, 3.8) is 0 Å². The van der Waals surface area contributed by atoms with Gasteiger partial charge in [0, 0.05) is 21.8 Å². The van der Waals surface area contributed by atoms with Gasteiger partial charge in [0.25, 0.3) is 5.91 Å². The van der Waals surface area contributed by atoms with E-state index in [2.05, 4.69) is 28.2 Å². The summed E-state index contributed by atoms with van der Waals surface area (Å²) < 4.78 is 0.826. The van der Waals surface area contributed by atoms with E-state index in [0.717, 1.165) is 10.9 Å². The van der Waals surface area contributed by atoms with E-state index in [1.54, 1.807) is 12.1 Å². The second-order valence-electron chi connectivity index (χ2n) is 5.43. The summed E-state index contributed by atoms with van der Waals surface area (Å²) in [4.78, 5) is 12.3. The first-order valence-corrected chi connectivity index (χ1v) is 7.73. The molecule has 1 saturated carbocycles. The number of nitrogens with one attached hydrogen (secondary N) is 1. The zero-order valence-electron chi connectivity index (χ0n) is 11.3. The number of benzene rings is 1. The third kappa shape index (κ3) is 3.72. The molecule has 0 spiro atoms. The topological polar surface area (TPSA) is 55.1 Å². The van der Waals surface area contributed by atoms with Crippen LogP contribution in [0.15, 0.2) is 22.7 Å². The van der Waals surface area contributed by atoms with E-state index in [-0.39, 0.29) is 5.91 Å². The van der Waals surface area contributed by atoms with Crippen LogP contribution in [0.3, 0.4) is 0 Å². The number of carbonyl (C=O) groups is 1. The number of carbonyl (C=O) groups excluding carboxylic acids is 1. The molecule has 1 aromatic carbocycles. The van der Waals surface area contributed by atoms with E-state index in [1.807, 2.05) is 6.07 Å². The first kappa shape index (κ1) is 14.4. The number of rotatable bonds is 2. The number of amides is 1. The van der Waals surface area contributed by atoms with Crippen LogP contribution in [0.5, 0.6) is 0 Å². The molecule has 19 heavy (non-hydrogen) atoms. The van der Waals surface area contributed by atoms with Gasteiger partial charge in [-0.15, -0.1) is 0 Å². The maximum atomic E-state index is 12.3. The number of hydrogen-bond acceptors (Lipinski definition) is 2. The Hall–Kier alpha value is -1.03. The van der Waals surface area contributed by atoms with Crippen molar-refractivity contribution in [3.05, 3.63) is 28.2 Å². The van der Waals surface area contributed by atoms with Gasteiger partial charge in [-0.2, -0.15) is 0 Å². The molecule has 1 aliphatic carbocycles. The lowest BCUT2D eigenvalue weighted by atomic mass is 9.96. The van der Waals surface area contributed by atoms with Crippen LogP contribution < -0.4 is 11.1 Å². The van der Waals surface area contributed by atoms with Crippen LogP contribution in [-0.4, -0.2) is 11.9 Å². The number of anilines is 1. The van der Waals surface area contributed by atoms with E-state index in [1.165, 1.54) is 25.7 Å². The standard InChI is InChI=1S/C15H21BrN2O/c1-10-5-3-2-4-6-14(10)18-15(19)11-7-8-12(16)13(17)9-11/h7-10,14H,2-6,17H2,1H3,(H,18,19). The van der Waals surface area contributed by atoms with Crippen LogP contribution in [0, 0.1) is 5.92 Å². The van der Waals surface area contributed by atoms with Gasteiger partial charge in [0.05, 0.1) is 0 Å². The van der Waals surface area contributed by atoms with Crippen LogP contribution in [0.4, 0.5) is 5.69 Å². The fraction of sp³-hybridized carbons (Fsp3) is 0.533. The number of halogens is 1. The Kier molecular flexibility index (Phi) is 4.86. The molecule has 0 radical (unpaired) electrons. The van der Waals surface area contributed by atoms with Gasteiger partial charge < -0.3 is 11.1 Å². The second kappa shape index (κ2) is 6.42. The normalized spacial score (nSPS) is 23.7. The highest BCUT2D eigenvalue weighted by Crippen LogP contribution is 2.24. The summed E-state index contributed by atoms with van der Waals surface area (Å²) in [6.07, 6.45) is 6.05. The van der Waals surface area contributed by atoms with Gasteiger partial charge in [0.15, 0.2) is 0 Å². The summed E-state index contributed by atoms with van der Waals surface area (Å²) in [7, 11) is 0. The molecule has 1 aliphatic rings. The van der Waals surface area contributed by atoms with Crippen molar-refractivity contribution in [2.24, 2.45) is 5.92 Å². The minimum atomic E-state index is -0.0158. The fourth-order valence-corrected chi connectivity index (χ4v) is 2.89. The predicted octanol–water partition coefficient (Wildman–Crippen LogP) is 3.73. The first-order chi connectivity index (χ1) is 9.08. The highest BCUT2D eigenvalue weighted by Gasteiger charge is 2.22. The van der Waals surface area contributed by atoms with E-state index >= 15 is 0 Å². The summed E-state index contributed by atoms with van der Waals surface area (Å²) in [6.45, 7) is 2.23. The Morgan fingerprint density at radius 1 is 1.32 bits per heavy atom. The summed E-state index contributed by atoms with van der Waals surface area (Å²) >= 11 is 3.34. The molecule has 2 rings (SSSR count). The van der Waals surface area contributed by atoms with Gasteiger partial charge in [0.1, 0.15) is 0 Å². The Morgan fingerprint density at radius 2 is 2.05 bits per heavy atom. The summed E-state index contributed by atoms with van der Waals surface area (Å²) in [5.74, 6) is 0.539. The molecular formula is C15H21BrN2O. The maximum Gasteiger partial charge on any atom is 0.251 e. The third-order valence-corrected chi connectivity index (χ3v) is 4.66. The maximum absolute atomic E-state index is 12.3. The molecule has 1 amide bonds. The Bertz CT molecular complexity index is 461. The largest absolute Gasteiger partial charge is 0.398 e. The molecule has 3 N–H and O–H groups in total. The molecule has 0 heterocycles. The van der Waals surface area contributed by atoms with E-state index < -0.39 is 0 Å². The fourth-order valence-electron chi connectivity index (χ4n) is 2.64. The van der Waals surface area contributed by atoms with Gasteiger partial charge >= 0.3 is 0 Å². The van der Waals surface area contributed by atoms with Gasteiger partial charge in [-0.1, -0.05) is 26.2 Å². The van der Waals surface area contributed by atoms with Crippen LogP contribution in [0.1, 0.15) is 49.4 Å². The molecular weight excluding hydrogens is 304 g/mol. The van der Waals surface area contributed by atoms with Crippen molar-refractivity contribution in [1.29, 1.82) is 0 Å². The summed E-state index contributed by atoms with van der Waals surface area (Å²) in [5, 5.41) is 3.16. The first-order valence-electron chi connectivity index (χ1n) is 6.94. The molecule has 0 saturated heterocycles. The smallest absolute Gasteiger partial charge is 0.251 e. The number of nitrogens with two attached hydrogens (primary N) is 1. The van der Waals surface area contributed by atoms with E-state index in [4.69, 9.17) is 5.73 Å². The Balaban J connectivity index is 2.05. The van der Waals surface area contributed by atoms with E-state index in [9.17, 15) is 4.79 Å². The van der Waals surface area contributed by atoms with E-state index in [0.29, 0.717) is 23.2 Å². The molecule has 0 aromatic heterocycles. The molecule has 104 valence electrons. The molecule has 0 aliphatic heterocycles. The van der Waals surface area contributed by atoms with Crippen LogP contribution in [-0.2, 0) is 0 Å². The predicted molar refractivity (Wildman–Crippen MR) is 82.1 cm³/mol. The summed E-state index contributed by atoms with van der Waals surface area (Å²) in [5.41, 5.74) is 7.05. The zero-order valence-corrected chi connectivity index (χ0v) is 12.9. The number of hydrogen-bond donors (Lipinski definition) is 2. The molecule has 2 unspecified atom stereocenters. The lowest BCUT2D eigenvalue weighted by Crippen LogP contribution is -2.38. The van der Waals surface area contributed by atoms with Crippen molar-refractivity contribution < 1.29 is 4.79 Å².